The second-order valence-corrected chi connectivity index (χ2v) is 7.86. The molecule has 2 aliphatic rings. The number of anilines is 1. The Hall–Kier alpha value is -3.81. The molecule has 1 aromatic carbocycles. The van der Waals surface area contributed by atoms with Crippen LogP contribution in [0.3, 0.4) is 0 Å². The van der Waals surface area contributed by atoms with Gasteiger partial charge >= 0.3 is 0 Å². The minimum atomic E-state index is -0.920. The van der Waals surface area contributed by atoms with Crippen molar-refractivity contribution in [3.63, 3.8) is 0 Å². The molecule has 5 rings (SSSR count). The zero-order valence-electron chi connectivity index (χ0n) is 17.4. The molecule has 3 heterocycles. The molecule has 1 atom stereocenters. The molecule has 1 fully saturated rings. The van der Waals surface area contributed by atoms with Gasteiger partial charge in [-0.25, -0.2) is 0 Å². The molecule has 3 aromatic rings. The van der Waals surface area contributed by atoms with Gasteiger partial charge in [0.05, 0.1) is 6.26 Å². The number of hydrogen-bond acceptors (Lipinski definition) is 6. The number of pyridine rings is 1. The number of carbonyl (C=O) groups is 2. The lowest BCUT2D eigenvalue weighted by molar-refractivity contribution is -0.123. The standard InChI is InChI=1S/C24H23N3O5/c28-23(26-17-4-1-2-5-17)22(16-9-11-25-12-10-16)27(24(29)20-6-3-13-30-20)18-7-8-19-21(14-18)32-15-31-19/h3,6-14,17,22H,1-2,4-5,15H2,(H,26,28)/t22-/m0/s1. The Morgan fingerprint density at radius 1 is 1.03 bits per heavy atom. The van der Waals surface area contributed by atoms with Crippen LogP contribution in [0.2, 0.25) is 0 Å². The van der Waals surface area contributed by atoms with E-state index in [0.717, 1.165) is 25.7 Å². The summed E-state index contributed by atoms with van der Waals surface area (Å²) in [5.41, 5.74) is 1.15. The molecular weight excluding hydrogens is 410 g/mol. The van der Waals surface area contributed by atoms with Gasteiger partial charge in [-0.1, -0.05) is 12.8 Å². The first-order valence-electron chi connectivity index (χ1n) is 10.7. The highest BCUT2D eigenvalue weighted by Crippen LogP contribution is 2.38. The van der Waals surface area contributed by atoms with Gasteiger partial charge < -0.3 is 19.2 Å². The van der Waals surface area contributed by atoms with Crippen LogP contribution in [-0.4, -0.2) is 29.6 Å². The fourth-order valence-corrected chi connectivity index (χ4v) is 4.25. The molecule has 1 saturated carbocycles. The predicted octanol–water partition coefficient (Wildman–Crippen LogP) is 3.85. The monoisotopic (exact) mass is 433 g/mol. The number of ether oxygens (including phenoxy) is 2. The van der Waals surface area contributed by atoms with Crippen molar-refractivity contribution >= 4 is 17.5 Å². The van der Waals surface area contributed by atoms with Crippen LogP contribution in [0.1, 0.15) is 47.8 Å². The molecule has 8 nitrogen and oxygen atoms in total. The average molecular weight is 433 g/mol. The summed E-state index contributed by atoms with van der Waals surface area (Å²) in [7, 11) is 0. The SMILES string of the molecule is O=C(NC1CCCC1)[C@H](c1ccncc1)N(C(=O)c1ccco1)c1ccc2c(c1)OCO2. The van der Waals surface area contributed by atoms with E-state index >= 15 is 0 Å². The maximum atomic E-state index is 13.6. The first-order chi connectivity index (χ1) is 15.7. The molecule has 8 heteroatoms. The number of furan rings is 1. The molecule has 2 aromatic heterocycles. The summed E-state index contributed by atoms with van der Waals surface area (Å²) in [6.45, 7) is 0.112. The van der Waals surface area contributed by atoms with E-state index in [4.69, 9.17) is 13.9 Å². The molecule has 0 radical (unpaired) electrons. The minimum absolute atomic E-state index is 0.101. The summed E-state index contributed by atoms with van der Waals surface area (Å²) >= 11 is 0. The Morgan fingerprint density at radius 2 is 1.81 bits per heavy atom. The van der Waals surface area contributed by atoms with Crippen LogP contribution in [0, 0.1) is 0 Å². The minimum Gasteiger partial charge on any atom is -0.459 e. The van der Waals surface area contributed by atoms with E-state index in [-0.39, 0.29) is 24.5 Å². The van der Waals surface area contributed by atoms with Gasteiger partial charge in [0.2, 0.25) is 12.7 Å². The van der Waals surface area contributed by atoms with Gasteiger partial charge in [0.25, 0.3) is 5.91 Å². The van der Waals surface area contributed by atoms with Crippen LogP contribution in [0.25, 0.3) is 0 Å². The van der Waals surface area contributed by atoms with E-state index in [2.05, 4.69) is 10.3 Å². The second kappa shape index (κ2) is 8.74. The van der Waals surface area contributed by atoms with Gasteiger partial charge in [0, 0.05) is 30.2 Å². The van der Waals surface area contributed by atoms with E-state index < -0.39 is 11.9 Å². The zero-order valence-corrected chi connectivity index (χ0v) is 17.4. The lowest BCUT2D eigenvalue weighted by Gasteiger charge is -2.31. The molecule has 0 unspecified atom stereocenters. The van der Waals surface area contributed by atoms with Crippen LogP contribution in [0.5, 0.6) is 11.5 Å². The number of fused-ring (bicyclic) bond motifs is 1. The number of benzene rings is 1. The zero-order chi connectivity index (χ0) is 21.9. The highest BCUT2D eigenvalue weighted by atomic mass is 16.7. The molecule has 1 aliphatic carbocycles. The summed E-state index contributed by atoms with van der Waals surface area (Å²) in [4.78, 5) is 32.8. The number of amides is 2. The van der Waals surface area contributed by atoms with Gasteiger partial charge in [-0.3, -0.25) is 19.5 Å². The molecule has 32 heavy (non-hydrogen) atoms. The number of carbonyl (C=O) groups excluding carboxylic acids is 2. The number of nitrogens with one attached hydrogen (secondary N) is 1. The van der Waals surface area contributed by atoms with Crippen LogP contribution in [-0.2, 0) is 4.79 Å². The Balaban J connectivity index is 1.59. The Bertz CT molecular complexity index is 1090. The molecule has 1 N–H and O–H groups in total. The molecule has 0 saturated heterocycles. The number of hydrogen-bond donors (Lipinski definition) is 1. The second-order valence-electron chi connectivity index (χ2n) is 7.86. The topological polar surface area (TPSA) is 93.9 Å². The predicted molar refractivity (Wildman–Crippen MR) is 115 cm³/mol. The van der Waals surface area contributed by atoms with E-state index in [0.29, 0.717) is 22.7 Å². The highest BCUT2D eigenvalue weighted by molar-refractivity contribution is 6.08. The largest absolute Gasteiger partial charge is 0.459 e. The number of aromatic nitrogens is 1. The molecular formula is C24H23N3O5. The summed E-state index contributed by atoms with van der Waals surface area (Å²) in [6.07, 6.45) is 8.70. The van der Waals surface area contributed by atoms with Crippen molar-refractivity contribution in [1.29, 1.82) is 0 Å². The van der Waals surface area contributed by atoms with Crippen LogP contribution in [0.4, 0.5) is 5.69 Å². The lowest BCUT2D eigenvalue weighted by atomic mass is 10.0. The fourth-order valence-electron chi connectivity index (χ4n) is 4.25. The maximum absolute atomic E-state index is 13.6. The van der Waals surface area contributed by atoms with Crippen molar-refractivity contribution in [1.82, 2.24) is 10.3 Å². The van der Waals surface area contributed by atoms with E-state index in [9.17, 15) is 9.59 Å². The summed E-state index contributed by atoms with van der Waals surface area (Å²) in [5, 5.41) is 3.14. The van der Waals surface area contributed by atoms with E-state index in [1.165, 1.54) is 11.2 Å². The van der Waals surface area contributed by atoms with Gasteiger partial charge in [0.1, 0.15) is 6.04 Å². The first kappa shape index (κ1) is 20.1. The first-order valence-corrected chi connectivity index (χ1v) is 10.7. The van der Waals surface area contributed by atoms with Crippen molar-refractivity contribution in [3.05, 3.63) is 72.4 Å². The Morgan fingerprint density at radius 3 is 2.56 bits per heavy atom. The van der Waals surface area contributed by atoms with Gasteiger partial charge in [0.15, 0.2) is 17.3 Å². The average Bonchev–Trinajstić information content (AvgIpc) is 3.60. The van der Waals surface area contributed by atoms with Crippen molar-refractivity contribution in [2.75, 3.05) is 11.7 Å². The highest BCUT2D eigenvalue weighted by Gasteiger charge is 2.36. The number of rotatable bonds is 6. The van der Waals surface area contributed by atoms with Gasteiger partial charge in [-0.2, -0.15) is 0 Å². The van der Waals surface area contributed by atoms with Gasteiger partial charge in [-0.15, -0.1) is 0 Å². The third-order valence-electron chi connectivity index (χ3n) is 5.82. The van der Waals surface area contributed by atoms with Crippen LogP contribution < -0.4 is 19.7 Å². The third kappa shape index (κ3) is 3.91. The molecule has 2 amide bonds. The fraction of sp³-hybridized carbons (Fsp3) is 0.292. The van der Waals surface area contributed by atoms with Crippen LogP contribution in [0.15, 0.2) is 65.5 Å². The molecule has 0 bridgehead atoms. The van der Waals surface area contributed by atoms with Crippen molar-refractivity contribution < 1.29 is 23.5 Å². The van der Waals surface area contributed by atoms with E-state index in [1.54, 1.807) is 54.9 Å². The third-order valence-corrected chi connectivity index (χ3v) is 5.82. The smallest absolute Gasteiger partial charge is 0.294 e. The molecule has 0 spiro atoms. The number of nitrogens with zero attached hydrogens (tertiary/aromatic N) is 2. The van der Waals surface area contributed by atoms with E-state index in [1.807, 2.05) is 0 Å². The molecule has 1 aliphatic heterocycles. The Labute approximate surface area is 185 Å². The van der Waals surface area contributed by atoms with Crippen LogP contribution >= 0.6 is 0 Å². The quantitative estimate of drug-likeness (QED) is 0.635. The summed E-state index contributed by atoms with van der Waals surface area (Å²) in [5.74, 6) is 0.563. The van der Waals surface area contributed by atoms with Gasteiger partial charge in [-0.05, 0) is 54.8 Å². The normalized spacial score (nSPS) is 16.0. The van der Waals surface area contributed by atoms with Crippen molar-refractivity contribution in [2.24, 2.45) is 0 Å². The Kier molecular flexibility index (Phi) is 5.49. The maximum Gasteiger partial charge on any atom is 0.294 e. The van der Waals surface area contributed by atoms with Crippen molar-refractivity contribution in [3.8, 4) is 11.5 Å². The summed E-state index contributed by atoms with van der Waals surface area (Å²) < 4.78 is 16.3. The van der Waals surface area contributed by atoms with Crippen molar-refractivity contribution in [2.45, 2.75) is 37.8 Å². The summed E-state index contributed by atoms with van der Waals surface area (Å²) in [6, 6.07) is 11.1. The lowest BCUT2D eigenvalue weighted by Crippen LogP contribution is -2.46. The molecule has 164 valence electrons.